The molecule has 0 bridgehead atoms. The number of H-pyrrole nitrogens is 1. The van der Waals surface area contributed by atoms with Crippen LogP contribution in [0, 0.1) is 31.4 Å². The van der Waals surface area contributed by atoms with E-state index in [1.165, 1.54) is 21.5 Å². The van der Waals surface area contributed by atoms with Crippen LogP contribution in [0.1, 0.15) is 103 Å². The van der Waals surface area contributed by atoms with Gasteiger partial charge in [0, 0.05) is 55.5 Å². The second-order valence-corrected chi connectivity index (χ2v) is 18.8. The van der Waals surface area contributed by atoms with E-state index < -0.39 is 28.8 Å². The van der Waals surface area contributed by atoms with Crippen LogP contribution in [0.3, 0.4) is 0 Å². The molecule has 334 valence electrons. The molecule has 5 aromatic heterocycles. The molecule has 1 aliphatic carbocycles. The maximum atomic E-state index is 16.1. The number of ether oxygens (including phenoxy) is 1. The van der Waals surface area contributed by atoms with Crippen molar-refractivity contribution < 1.29 is 22.8 Å². The summed E-state index contributed by atoms with van der Waals surface area (Å²) in [4.78, 5) is 47.2. The third kappa shape index (κ3) is 6.14. The Morgan fingerprint density at radius 1 is 0.938 bits per heavy atom. The monoisotopic (exact) mass is 882 g/mol. The molecule has 0 radical (unpaired) electrons. The Labute approximate surface area is 370 Å². The molecule has 0 unspecified atom stereocenters. The zero-order valence-corrected chi connectivity index (χ0v) is 37.1. The van der Waals surface area contributed by atoms with Gasteiger partial charge in [0.25, 0.3) is 5.91 Å². The summed E-state index contributed by atoms with van der Waals surface area (Å²) < 4.78 is 50.2. The number of aryl methyl sites for hydroxylation is 3. The Kier molecular flexibility index (Phi) is 9.00. The highest BCUT2D eigenvalue weighted by Gasteiger charge is 2.59. The lowest BCUT2D eigenvalue weighted by Gasteiger charge is -2.35. The Morgan fingerprint density at radius 3 is 2.38 bits per heavy atom. The molecule has 8 aromatic rings. The van der Waals surface area contributed by atoms with Crippen molar-refractivity contribution in [1.29, 1.82) is 0 Å². The van der Waals surface area contributed by atoms with Gasteiger partial charge in [0.15, 0.2) is 11.6 Å². The van der Waals surface area contributed by atoms with Crippen molar-refractivity contribution in [1.82, 2.24) is 48.3 Å². The van der Waals surface area contributed by atoms with Gasteiger partial charge in [-0.15, -0.1) is 0 Å². The summed E-state index contributed by atoms with van der Waals surface area (Å²) in [5.74, 6) is -0.925. The predicted molar refractivity (Wildman–Crippen MR) is 237 cm³/mol. The van der Waals surface area contributed by atoms with Crippen molar-refractivity contribution in [3.05, 3.63) is 139 Å². The number of nitrogens with one attached hydrogen (secondary N) is 1. The van der Waals surface area contributed by atoms with Gasteiger partial charge in [-0.1, -0.05) is 18.1 Å². The molecule has 3 aliphatic rings. The summed E-state index contributed by atoms with van der Waals surface area (Å²) in [6, 6.07) is 14.3. The van der Waals surface area contributed by atoms with Crippen molar-refractivity contribution in [3.8, 4) is 17.2 Å². The van der Waals surface area contributed by atoms with E-state index in [0.29, 0.717) is 76.9 Å². The van der Waals surface area contributed by atoms with Crippen molar-refractivity contribution in [2.24, 2.45) is 13.0 Å². The Morgan fingerprint density at radius 2 is 1.68 bits per heavy atom. The molecular formula is C48H48F2N10O5. The molecule has 17 heteroatoms. The average molecular weight is 883 g/mol. The van der Waals surface area contributed by atoms with Crippen LogP contribution in [-0.2, 0) is 23.7 Å². The fraction of sp³-hybridized carbons (Fsp3) is 0.375. The van der Waals surface area contributed by atoms with Crippen LogP contribution in [0.4, 0.5) is 8.78 Å². The van der Waals surface area contributed by atoms with E-state index in [4.69, 9.17) is 14.4 Å². The molecular weight excluding hydrogens is 835 g/mol. The minimum Gasteiger partial charge on any atom is -0.376 e. The van der Waals surface area contributed by atoms with Gasteiger partial charge in [-0.2, -0.15) is 10.2 Å². The first kappa shape index (κ1) is 40.9. The molecule has 2 fully saturated rings. The van der Waals surface area contributed by atoms with Crippen molar-refractivity contribution >= 4 is 27.7 Å². The van der Waals surface area contributed by atoms with Crippen LogP contribution in [0.2, 0.25) is 0 Å². The van der Waals surface area contributed by atoms with Crippen LogP contribution < -0.4 is 11.4 Å². The van der Waals surface area contributed by atoms with Crippen LogP contribution in [0.15, 0.2) is 81.2 Å². The van der Waals surface area contributed by atoms with Crippen LogP contribution in [-0.4, -0.2) is 73.0 Å². The van der Waals surface area contributed by atoms with Crippen LogP contribution >= 0.6 is 0 Å². The molecule has 3 aromatic carbocycles. The topological polar surface area (TPSA) is 156 Å². The molecule has 1 amide bonds. The first-order chi connectivity index (χ1) is 31.1. The molecule has 15 nitrogen and oxygen atoms in total. The molecule has 0 spiro atoms. The largest absolute Gasteiger partial charge is 0.438 e. The lowest BCUT2D eigenvalue weighted by atomic mass is 9.83. The number of nitrogens with zero attached hydrogens (tertiary/aromatic N) is 9. The number of fused-ring (bicyclic) bond motifs is 3. The summed E-state index contributed by atoms with van der Waals surface area (Å²) in [7, 11) is 1.72. The van der Waals surface area contributed by atoms with E-state index >= 15 is 13.6 Å². The maximum Gasteiger partial charge on any atom is 0.438 e. The van der Waals surface area contributed by atoms with Gasteiger partial charge < -0.3 is 14.2 Å². The summed E-state index contributed by atoms with van der Waals surface area (Å²) in [5, 5.41) is 14.6. The number of halogens is 2. The third-order valence-electron chi connectivity index (χ3n) is 14.2. The minimum absolute atomic E-state index is 0.00109. The Hall–Kier alpha value is -6.88. The lowest BCUT2D eigenvalue weighted by Crippen LogP contribution is -2.41. The highest BCUT2D eigenvalue weighted by molar-refractivity contribution is 6.00. The number of imidazole rings is 1. The average Bonchev–Trinajstić information content (AvgIpc) is 3.90. The van der Waals surface area contributed by atoms with E-state index in [0.717, 1.165) is 29.3 Å². The number of benzene rings is 3. The third-order valence-corrected chi connectivity index (χ3v) is 14.2. The minimum atomic E-state index is -0.857. The summed E-state index contributed by atoms with van der Waals surface area (Å²) >= 11 is 0. The molecule has 65 heavy (non-hydrogen) atoms. The van der Waals surface area contributed by atoms with E-state index in [9.17, 15) is 9.59 Å². The van der Waals surface area contributed by atoms with Crippen molar-refractivity contribution in [2.75, 3.05) is 13.2 Å². The van der Waals surface area contributed by atoms with E-state index in [1.54, 1.807) is 65.6 Å². The maximum absolute atomic E-state index is 16.1. The molecule has 1 saturated heterocycles. The van der Waals surface area contributed by atoms with Crippen LogP contribution in [0.5, 0.6) is 0 Å². The standard InChI is InChI=1S/C48H48F2N10O5/c1-25-18-32(19-26(2)40(25)49)60-42(58-16-15-57(46(58)63)37-11-10-36-33(41(37)50)24-51-55(36)7)39-28(4)56(14-12-34(39)53-60)43(61)38-21-31-20-29(30-13-17-64-47(5,6)23-30)8-9-35(31)59(38)48(22-27(48)3)44-52-45(62)65-54-44/h8-11,15-16,18-21,24,27-28,30H,12-14,17,22-23H2,1-7H3,(H,52,54,62)/t27-,28+,30-,48-/m0/s1. The van der Waals surface area contributed by atoms with E-state index in [2.05, 4.69) is 54.2 Å². The number of hydrogen-bond acceptors (Lipinski definition) is 8. The smallest absolute Gasteiger partial charge is 0.376 e. The number of rotatable bonds is 7. The van der Waals surface area contributed by atoms with Crippen molar-refractivity contribution in [3.63, 3.8) is 0 Å². The number of aromatic nitrogens is 9. The highest BCUT2D eigenvalue weighted by atomic mass is 19.1. The zero-order valence-electron chi connectivity index (χ0n) is 37.1. The van der Waals surface area contributed by atoms with Crippen LogP contribution in [0.25, 0.3) is 39.0 Å². The first-order valence-corrected chi connectivity index (χ1v) is 22.0. The highest BCUT2D eigenvalue weighted by Crippen LogP contribution is 2.56. The Balaban J connectivity index is 1.06. The molecule has 4 atom stereocenters. The van der Waals surface area contributed by atoms with Gasteiger partial charge >= 0.3 is 11.4 Å². The van der Waals surface area contributed by atoms with Gasteiger partial charge in [0.2, 0.25) is 0 Å². The Bertz CT molecular complexity index is 3380. The number of carbonyl (C=O) groups is 1. The van der Waals surface area contributed by atoms with E-state index in [-0.39, 0.29) is 40.2 Å². The normalized spacial score (nSPS) is 21.7. The fourth-order valence-electron chi connectivity index (χ4n) is 10.8. The quantitative estimate of drug-likeness (QED) is 0.173. The van der Waals surface area contributed by atoms with Gasteiger partial charge in [0.1, 0.15) is 22.9 Å². The van der Waals surface area contributed by atoms with Gasteiger partial charge in [0.05, 0.1) is 45.8 Å². The molecule has 7 heterocycles. The number of amides is 1. The van der Waals surface area contributed by atoms with E-state index in [1.807, 2.05) is 17.6 Å². The lowest BCUT2D eigenvalue weighted by molar-refractivity contribution is -0.0592. The summed E-state index contributed by atoms with van der Waals surface area (Å²) in [5.41, 5.74) is 3.92. The second-order valence-electron chi connectivity index (χ2n) is 18.8. The fourth-order valence-corrected chi connectivity index (χ4v) is 10.8. The summed E-state index contributed by atoms with van der Waals surface area (Å²) in [6.07, 6.45) is 7.17. The molecule has 1 saturated carbocycles. The number of carbonyl (C=O) groups excluding carboxylic acids is 1. The predicted octanol–water partition coefficient (Wildman–Crippen LogP) is 7.44. The number of hydrogen-bond donors (Lipinski definition) is 1. The first-order valence-electron chi connectivity index (χ1n) is 22.0. The summed E-state index contributed by atoms with van der Waals surface area (Å²) in [6.45, 7) is 12.5. The van der Waals surface area contributed by atoms with Crippen molar-refractivity contribution in [2.45, 2.75) is 90.3 Å². The molecule has 2 aliphatic heterocycles. The second kappa shape index (κ2) is 14.3. The van der Waals surface area contributed by atoms with Gasteiger partial charge in [-0.25, -0.2) is 23.1 Å². The van der Waals surface area contributed by atoms with Gasteiger partial charge in [-0.3, -0.25) is 28.1 Å². The van der Waals surface area contributed by atoms with Gasteiger partial charge in [-0.05, 0) is 125 Å². The molecule has 1 N–H and O–H groups in total. The molecule has 11 rings (SSSR count). The zero-order chi connectivity index (χ0) is 45.4. The number of aromatic amines is 1. The SMILES string of the molecule is Cc1cc(-n2nc3c(c2-n2ccn(-c4ccc5c(cnn5C)c4F)c2=O)[C@@H](C)N(C(=O)c2cc4cc([C@H]5CCOC(C)(C)C5)ccc4n2[C@@]2(c4noc(=O)[nH]4)C[C@@H]2C)CC3)cc(C)c1F.